The molecule has 1 saturated heterocycles. The molecule has 0 spiro atoms. The molecule has 0 bridgehead atoms. The third-order valence-electron chi connectivity index (χ3n) is 2.98. The first-order valence-electron chi connectivity index (χ1n) is 5.56. The van der Waals surface area contributed by atoms with Gasteiger partial charge in [0.05, 0.1) is 6.04 Å². The second-order valence-corrected chi connectivity index (χ2v) is 4.66. The van der Waals surface area contributed by atoms with E-state index >= 15 is 0 Å². The summed E-state index contributed by atoms with van der Waals surface area (Å²) in [4.78, 5) is 2.34. The topological polar surface area (TPSA) is 36.9 Å². The van der Waals surface area contributed by atoms with Crippen molar-refractivity contribution in [1.29, 1.82) is 0 Å². The predicted octanol–water partition coefficient (Wildman–Crippen LogP) is 1.77. The van der Waals surface area contributed by atoms with E-state index in [9.17, 15) is 0 Å². The summed E-state index contributed by atoms with van der Waals surface area (Å²) in [5, 5.41) is 7.21. The van der Waals surface area contributed by atoms with Gasteiger partial charge < -0.3 is 4.90 Å². The highest BCUT2D eigenvalue weighted by molar-refractivity contribution is 7.71. The highest BCUT2D eigenvalue weighted by atomic mass is 32.1. The summed E-state index contributed by atoms with van der Waals surface area (Å²) in [6, 6.07) is 0.516. The van der Waals surface area contributed by atoms with E-state index in [1.54, 1.807) is 0 Å². The Morgan fingerprint density at radius 1 is 1.60 bits per heavy atom. The molecule has 0 aliphatic carbocycles. The van der Waals surface area contributed by atoms with Crippen LogP contribution in [0.4, 0.5) is 0 Å². The van der Waals surface area contributed by atoms with Gasteiger partial charge in [-0.25, -0.2) is 0 Å². The van der Waals surface area contributed by atoms with E-state index in [0.717, 1.165) is 36.5 Å². The molecular weight excluding hydrogens is 208 g/mol. The van der Waals surface area contributed by atoms with Gasteiger partial charge in [-0.1, -0.05) is 6.92 Å². The second-order valence-electron chi connectivity index (χ2n) is 4.27. The van der Waals surface area contributed by atoms with Gasteiger partial charge in [-0.15, -0.1) is 0 Å². The zero-order valence-electron chi connectivity index (χ0n) is 9.36. The Morgan fingerprint density at radius 3 is 3.00 bits per heavy atom. The number of aryl methyl sites for hydroxylation is 1. The largest absolute Gasteiger partial charge is 0.304 e. The van der Waals surface area contributed by atoms with Gasteiger partial charge >= 0.3 is 0 Å². The standard InChI is InChI=1S/C10H18N4S/c1-3-4-9-11-12-10(15)14(9)8-5-6-13(2)7-8/h8H,3-7H2,1-2H3,(H,12,15). The van der Waals surface area contributed by atoms with E-state index in [1.165, 1.54) is 6.42 Å². The first-order valence-corrected chi connectivity index (χ1v) is 5.97. The van der Waals surface area contributed by atoms with Crippen LogP contribution in [0.5, 0.6) is 0 Å². The third-order valence-corrected chi connectivity index (χ3v) is 3.27. The zero-order valence-corrected chi connectivity index (χ0v) is 10.2. The van der Waals surface area contributed by atoms with E-state index in [2.05, 4.69) is 33.6 Å². The average molecular weight is 226 g/mol. The third kappa shape index (κ3) is 2.13. The molecule has 0 aromatic carbocycles. The fraction of sp³-hybridized carbons (Fsp3) is 0.800. The molecule has 1 fully saturated rings. The number of nitrogens with one attached hydrogen (secondary N) is 1. The van der Waals surface area contributed by atoms with E-state index in [4.69, 9.17) is 12.2 Å². The number of likely N-dealkylation sites (tertiary alicyclic amines) is 1. The number of rotatable bonds is 3. The number of H-pyrrole nitrogens is 1. The Morgan fingerprint density at radius 2 is 2.40 bits per heavy atom. The molecular formula is C10H18N4S. The summed E-state index contributed by atoms with van der Waals surface area (Å²) >= 11 is 5.29. The summed E-state index contributed by atoms with van der Waals surface area (Å²) < 4.78 is 2.99. The maximum atomic E-state index is 5.29. The lowest BCUT2D eigenvalue weighted by atomic mass is 10.2. The first-order chi connectivity index (χ1) is 7.22. The molecule has 1 aromatic rings. The molecule has 0 amide bonds. The summed E-state index contributed by atoms with van der Waals surface area (Å²) in [6.07, 6.45) is 3.30. The molecule has 1 aliphatic rings. The molecule has 1 aliphatic heterocycles. The number of aromatic nitrogens is 3. The van der Waals surface area contributed by atoms with Gasteiger partial charge in [0.15, 0.2) is 4.77 Å². The zero-order chi connectivity index (χ0) is 10.8. The fourth-order valence-corrected chi connectivity index (χ4v) is 2.54. The van der Waals surface area contributed by atoms with Crippen LogP contribution >= 0.6 is 12.2 Å². The Labute approximate surface area is 95.3 Å². The van der Waals surface area contributed by atoms with Gasteiger partial charge in [-0.05, 0) is 38.7 Å². The van der Waals surface area contributed by atoms with Crippen LogP contribution in [-0.2, 0) is 6.42 Å². The van der Waals surface area contributed by atoms with Crippen LogP contribution in [0.2, 0.25) is 0 Å². The van der Waals surface area contributed by atoms with Gasteiger partial charge in [0.1, 0.15) is 5.82 Å². The maximum absolute atomic E-state index is 5.29. The molecule has 2 rings (SSSR count). The van der Waals surface area contributed by atoms with Crippen LogP contribution in [0.25, 0.3) is 0 Å². The van der Waals surface area contributed by atoms with Crippen LogP contribution in [0, 0.1) is 4.77 Å². The molecule has 1 atom stereocenters. The minimum Gasteiger partial charge on any atom is -0.304 e. The summed E-state index contributed by atoms with van der Waals surface area (Å²) in [5.41, 5.74) is 0. The van der Waals surface area contributed by atoms with Crippen LogP contribution < -0.4 is 0 Å². The summed E-state index contributed by atoms with van der Waals surface area (Å²) in [6.45, 7) is 4.41. The summed E-state index contributed by atoms with van der Waals surface area (Å²) in [5.74, 6) is 1.11. The number of likely N-dealkylation sites (N-methyl/N-ethyl adjacent to an activating group) is 1. The van der Waals surface area contributed by atoms with E-state index in [0.29, 0.717) is 6.04 Å². The molecule has 5 heteroatoms. The van der Waals surface area contributed by atoms with Crippen LogP contribution in [0.15, 0.2) is 0 Å². The van der Waals surface area contributed by atoms with Gasteiger partial charge in [0, 0.05) is 13.0 Å². The average Bonchev–Trinajstić information content (AvgIpc) is 2.74. The smallest absolute Gasteiger partial charge is 0.195 e. The second kappa shape index (κ2) is 4.45. The van der Waals surface area contributed by atoms with Crippen molar-refractivity contribution in [2.45, 2.75) is 32.2 Å². The predicted molar refractivity (Wildman–Crippen MR) is 62.6 cm³/mol. The molecule has 15 heavy (non-hydrogen) atoms. The molecule has 0 saturated carbocycles. The van der Waals surface area contributed by atoms with Gasteiger partial charge in [0.2, 0.25) is 0 Å². The van der Waals surface area contributed by atoms with Crippen molar-refractivity contribution in [2.24, 2.45) is 0 Å². The lowest BCUT2D eigenvalue weighted by Crippen LogP contribution is -2.18. The Balaban J connectivity index is 2.26. The molecule has 1 unspecified atom stereocenters. The maximum Gasteiger partial charge on any atom is 0.195 e. The van der Waals surface area contributed by atoms with E-state index < -0.39 is 0 Å². The molecule has 1 N–H and O–H groups in total. The normalized spacial score (nSPS) is 22.4. The first kappa shape index (κ1) is 10.8. The molecule has 4 nitrogen and oxygen atoms in total. The minimum absolute atomic E-state index is 0.516. The van der Waals surface area contributed by atoms with Crippen molar-refractivity contribution in [2.75, 3.05) is 20.1 Å². The Kier molecular flexibility index (Phi) is 3.21. The van der Waals surface area contributed by atoms with Crippen LogP contribution in [0.1, 0.15) is 31.6 Å². The highest BCUT2D eigenvalue weighted by Crippen LogP contribution is 2.22. The molecule has 0 radical (unpaired) electrons. The number of hydrogen-bond acceptors (Lipinski definition) is 3. The van der Waals surface area contributed by atoms with Crippen molar-refractivity contribution in [3.8, 4) is 0 Å². The number of nitrogens with zero attached hydrogens (tertiary/aromatic N) is 3. The monoisotopic (exact) mass is 226 g/mol. The highest BCUT2D eigenvalue weighted by Gasteiger charge is 2.23. The van der Waals surface area contributed by atoms with Crippen molar-refractivity contribution in [3.05, 3.63) is 10.6 Å². The van der Waals surface area contributed by atoms with Crippen molar-refractivity contribution in [3.63, 3.8) is 0 Å². The lowest BCUT2D eigenvalue weighted by Gasteiger charge is -2.14. The number of hydrogen-bond donors (Lipinski definition) is 1. The number of aromatic amines is 1. The van der Waals surface area contributed by atoms with Crippen molar-refractivity contribution < 1.29 is 0 Å². The molecule has 2 heterocycles. The van der Waals surface area contributed by atoms with Gasteiger partial charge in [-0.3, -0.25) is 9.67 Å². The van der Waals surface area contributed by atoms with Crippen LogP contribution in [0.3, 0.4) is 0 Å². The molecule has 84 valence electrons. The van der Waals surface area contributed by atoms with E-state index in [1.807, 2.05) is 0 Å². The van der Waals surface area contributed by atoms with Crippen LogP contribution in [-0.4, -0.2) is 39.8 Å². The Bertz CT molecular complexity index is 381. The van der Waals surface area contributed by atoms with Crippen molar-refractivity contribution >= 4 is 12.2 Å². The van der Waals surface area contributed by atoms with Gasteiger partial charge in [-0.2, -0.15) is 5.10 Å². The molecule has 1 aromatic heterocycles. The van der Waals surface area contributed by atoms with Gasteiger partial charge in [0.25, 0.3) is 0 Å². The lowest BCUT2D eigenvalue weighted by molar-refractivity contribution is 0.388. The Hall–Kier alpha value is -0.680. The quantitative estimate of drug-likeness (QED) is 0.798. The van der Waals surface area contributed by atoms with Crippen molar-refractivity contribution in [1.82, 2.24) is 19.7 Å². The summed E-state index contributed by atoms with van der Waals surface area (Å²) in [7, 11) is 2.16. The van der Waals surface area contributed by atoms with E-state index in [-0.39, 0.29) is 0 Å². The minimum atomic E-state index is 0.516. The fourth-order valence-electron chi connectivity index (χ4n) is 2.24. The SMILES string of the molecule is CCCc1n[nH]c(=S)n1C1CCN(C)C1.